The summed E-state index contributed by atoms with van der Waals surface area (Å²) < 4.78 is 10.8. The Balaban J connectivity index is 1.65. The Bertz CT molecular complexity index is 1120. The molecule has 29 heavy (non-hydrogen) atoms. The molecule has 0 aliphatic rings. The van der Waals surface area contributed by atoms with E-state index in [0.29, 0.717) is 22.6 Å². The number of nitrogens with one attached hydrogen (secondary N) is 1. The lowest BCUT2D eigenvalue weighted by atomic mass is 9.95. The summed E-state index contributed by atoms with van der Waals surface area (Å²) >= 11 is 0. The molecule has 0 aliphatic heterocycles. The molecule has 1 N–H and O–H groups in total. The molecule has 3 aromatic rings. The van der Waals surface area contributed by atoms with Crippen LogP contribution in [-0.4, -0.2) is 18.3 Å². The smallest absolute Gasteiger partial charge is 0.336 e. The van der Waals surface area contributed by atoms with E-state index in [9.17, 15) is 14.4 Å². The quantitative estimate of drug-likeness (QED) is 0.515. The zero-order valence-electron chi connectivity index (χ0n) is 16.9. The average Bonchev–Trinajstić information content (AvgIpc) is 2.65. The van der Waals surface area contributed by atoms with Gasteiger partial charge in [-0.15, -0.1) is 0 Å². The number of carbonyl (C=O) groups excluding carboxylic acids is 2. The molecule has 6 nitrogen and oxygen atoms in total. The fourth-order valence-corrected chi connectivity index (χ4v) is 2.69. The maximum absolute atomic E-state index is 12.4. The van der Waals surface area contributed by atoms with Gasteiger partial charge in [-0.3, -0.25) is 9.59 Å². The van der Waals surface area contributed by atoms with Crippen LogP contribution in [0, 0.1) is 12.3 Å². The number of Topliss-reactive ketones (excluding diaryl/α,β-unsaturated/α-hetero) is 1. The predicted molar refractivity (Wildman–Crippen MR) is 112 cm³/mol. The Hall–Kier alpha value is -3.41. The van der Waals surface area contributed by atoms with Crippen LogP contribution in [0.4, 0.5) is 5.69 Å². The highest BCUT2D eigenvalue weighted by Crippen LogP contribution is 2.22. The van der Waals surface area contributed by atoms with E-state index in [1.165, 1.54) is 6.07 Å². The molecule has 1 heterocycles. The molecule has 0 fully saturated rings. The molecule has 150 valence electrons. The first-order chi connectivity index (χ1) is 13.6. The van der Waals surface area contributed by atoms with Crippen LogP contribution in [0.3, 0.4) is 0 Å². The summed E-state index contributed by atoms with van der Waals surface area (Å²) in [7, 11) is 0. The number of carbonyl (C=O) groups is 2. The second-order valence-electron chi connectivity index (χ2n) is 7.90. The predicted octanol–water partition coefficient (Wildman–Crippen LogP) is 4.35. The van der Waals surface area contributed by atoms with E-state index in [0.717, 1.165) is 10.9 Å². The standard InChI is InChI=1S/C23H23NO5/c1-14-11-21(26)29-20-12-17(9-10-18(14)20)28-13-19(25)15-5-7-16(8-6-15)24-22(27)23(2,3)4/h5-12H,13H2,1-4H3,(H,24,27). The van der Waals surface area contributed by atoms with Crippen molar-refractivity contribution >= 4 is 28.3 Å². The van der Waals surface area contributed by atoms with Gasteiger partial charge in [0.15, 0.2) is 12.4 Å². The van der Waals surface area contributed by atoms with Gasteiger partial charge in [-0.2, -0.15) is 0 Å². The number of benzene rings is 2. The van der Waals surface area contributed by atoms with Crippen molar-refractivity contribution in [2.24, 2.45) is 5.41 Å². The van der Waals surface area contributed by atoms with Crippen molar-refractivity contribution in [2.45, 2.75) is 27.7 Å². The molecule has 0 aliphatic carbocycles. The summed E-state index contributed by atoms with van der Waals surface area (Å²) in [6.45, 7) is 7.16. The highest BCUT2D eigenvalue weighted by molar-refractivity contribution is 5.98. The van der Waals surface area contributed by atoms with Gasteiger partial charge in [0, 0.05) is 34.2 Å². The summed E-state index contributed by atoms with van der Waals surface area (Å²) in [5.41, 5.74) is 1.40. The second kappa shape index (κ2) is 7.91. The number of amides is 1. The number of ether oxygens (including phenoxy) is 1. The zero-order valence-corrected chi connectivity index (χ0v) is 16.9. The van der Waals surface area contributed by atoms with E-state index in [1.54, 1.807) is 42.5 Å². The Kier molecular flexibility index (Phi) is 5.55. The van der Waals surface area contributed by atoms with Crippen LogP contribution in [0.5, 0.6) is 5.75 Å². The van der Waals surface area contributed by atoms with Crippen LogP contribution in [0.2, 0.25) is 0 Å². The lowest BCUT2D eigenvalue weighted by Crippen LogP contribution is -2.27. The fraction of sp³-hybridized carbons (Fsp3) is 0.261. The first-order valence-corrected chi connectivity index (χ1v) is 9.25. The highest BCUT2D eigenvalue weighted by atomic mass is 16.5. The van der Waals surface area contributed by atoms with E-state index < -0.39 is 11.0 Å². The Labute approximate surface area is 168 Å². The van der Waals surface area contributed by atoms with E-state index in [1.807, 2.05) is 27.7 Å². The van der Waals surface area contributed by atoms with Gasteiger partial charge in [0.1, 0.15) is 11.3 Å². The third-order valence-corrected chi connectivity index (χ3v) is 4.44. The third-order valence-electron chi connectivity index (χ3n) is 4.44. The average molecular weight is 393 g/mol. The molecule has 3 rings (SSSR count). The van der Waals surface area contributed by atoms with Crippen LogP contribution in [0.1, 0.15) is 36.7 Å². The van der Waals surface area contributed by atoms with Crippen LogP contribution >= 0.6 is 0 Å². The topological polar surface area (TPSA) is 85.6 Å². The molecule has 1 amide bonds. The van der Waals surface area contributed by atoms with Gasteiger partial charge in [0.2, 0.25) is 5.91 Å². The maximum atomic E-state index is 12.4. The van der Waals surface area contributed by atoms with Crippen molar-refractivity contribution in [3.63, 3.8) is 0 Å². The SMILES string of the molecule is Cc1cc(=O)oc2cc(OCC(=O)c3ccc(NC(=O)C(C)(C)C)cc3)ccc12. The molecule has 6 heteroatoms. The number of hydrogen-bond acceptors (Lipinski definition) is 5. The molecule has 0 radical (unpaired) electrons. The van der Waals surface area contributed by atoms with Crippen molar-refractivity contribution in [3.8, 4) is 5.75 Å². The van der Waals surface area contributed by atoms with Crippen LogP contribution < -0.4 is 15.7 Å². The summed E-state index contributed by atoms with van der Waals surface area (Å²) in [5.74, 6) is 0.135. The highest BCUT2D eigenvalue weighted by Gasteiger charge is 2.21. The first-order valence-electron chi connectivity index (χ1n) is 9.25. The number of ketones is 1. The van der Waals surface area contributed by atoms with E-state index >= 15 is 0 Å². The monoisotopic (exact) mass is 393 g/mol. The minimum absolute atomic E-state index is 0.0990. The molecule has 2 aromatic carbocycles. The van der Waals surface area contributed by atoms with Gasteiger partial charge in [0.25, 0.3) is 0 Å². The second-order valence-corrected chi connectivity index (χ2v) is 7.90. The summed E-state index contributed by atoms with van der Waals surface area (Å²) in [5, 5.41) is 3.63. The molecule has 1 aromatic heterocycles. The summed E-state index contributed by atoms with van der Waals surface area (Å²) in [6.07, 6.45) is 0. The van der Waals surface area contributed by atoms with Crippen molar-refractivity contribution in [3.05, 3.63) is 70.1 Å². The fourth-order valence-electron chi connectivity index (χ4n) is 2.69. The van der Waals surface area contributed by atoms with E-state index in [4.69, 9.17) is 9.15 Å². The van der Waals surface area contributed by atoms with Gasteiger partial charge >= 0.3 is 5.63 Å². The van der Waals surface area contributed by atoms with Gasteiger partial charge in [-0.05, 0) is 48.9 Å². The van der Waals surface area contributed by atoms with Crippen molar-refractivity contribution in [2.75, 3.05) is 11.9 Å². The molecular formula is C23H23NO5. The van der Waals surface area contributed by atoms with Gasteiger partial charge in [0.05, 0.1) is 0 Å². The summed E-state index contributed by atoms with van der Waals surface area (Å²) in [6, 6.07) is 13.2. The van der Waals surface area contributed by atoms with Crippen LogP contribution in [0.25, 0.3) is 11.0 Å². The number of anilines is 1. The molecule has 0 saturated heterocycles. The number of rotatable bonds is 5. The molecule has 0 spiro atoms. The molecule has 0 unspecified atom stereocenters. The molecular weight excluding hydrogens is 370 g/mol. The van der Waals surface area contributed by atoms with Crippen LogP contribution in [-0.2, 0) is 4.79 Å². The van der Waals surface area contributed by atoms with Gasteiger partial charge < -0.3 is 14.5 Å². The third kappa shape index (κ3) is 4.90. The minimum atomic E-state index is -0.500. The molecule has 0 saturated carbocycles. The zero-order chi connectivity index (χ0) is 21.2. The first kappa shape index (κ1) is 20.3. The number of aryl methyl sites for hydroxylation is 1. The van der Waals surface area contributed by atoms with E-state index in [2.05, 4.69) is 5.32 Å². The Morgan fingerprint density at radius 2 is 1.72 bits per heavy atom. The maximum Gasteiger partial charge on any atom is 0.336 e. The minimum Gasteiger partial charge on any atom is -0.485 e. The van der Waals surface area contributed by atoms with Crippen molar-refractivity contribution in [1.82, 2.24) is 0 Å². The van der Waals surface area contributed by atoms with Crippen molar-refractivity contribution < 1.29 is 18.7 Å². The lowest BCUT2D eigenvalue weighted by Gasteiger charge is -2.17. The van der Waals surface area contributed by atoms with Gasteiger partial charge in [-0.1, -0.05) is 20.8 Å². The number of fused-ring (bicyclic) bond motifs is 1. The molecule has 0 bridgehead atoms. The number of hydrogen-bond donors (Lipinski definition) is 1. The van der Waals surface area contributed by atoms with Gasteiger partial charge in [-0.25, -0.2) is 4.79 Å². The normalized spacial score (nSPS) is 11.3. The van der Waals surface area contributed by atoms with Crippen LogP contribution in [0.15, 0.2) is 57.7 Å². The molecule has 0 atom stereocenters. The Morgan fingerprint density at radius 3 is 2.38 bits per heavy atom. The lowest BCUT2D eigenvalue weighted by molar-refractivity contribution is -0.123. The van der Waals surface area contributed by atoms with Crippen molar-refractivity contribution in [1.29, 1.82) is 0 Å². The summed E-state index contributed by atoms with van der Waals surface area (Å²) in [4.78, 5) is 35.9. The Morgan fingerprint density at radius 1 is 1.03 bits per heavy atom. The largest absolute Gasteiger partial charge is 0.485 e. The van der Waals surface area contributed by atoms with E-state index in [-0.39, 0.29) is 18.3 Å².